The van der Waals surface area contributed by atoms with Crippen molar-refractivity contribution >= 4 is 0 Å². The van der Waals surface area contributed by atoms with Gasteiger partial charge in [0.05, 0.1) is 17.8 Å². The van der Waals surface area contributed by atoms with Crippen LogP contribution in [0, 0.1) is 0 Å². The van der Waals surface area contributed by atoms with Gasteiger partial charge in [-0.15, -0.1) is 0 Å². The number of aromatic nitrogens is 1. The van der Waals surface area contributed by atoms with Crippen LogP contribution in [0.1, 0.15) is 31.7 Å². The van der Waals surface area contributed by atoms with Gasteiger partial charge >= 0.3 is 6.18 Å². The molecule has 0 aliphatic rings. The highest BCUT2D eigenvalue weighted by molar-refractivity contribution is 5.11. The molecule has 0 atom stereocenters. The van der Waals surface area contributed by atoms with Crippen LogP contribution in [0.3, 0.4) is 0 Å². The van der Waals surface area contributed by atoms with Crippen LogP contribution in [-0.4, -0.2) is 35.7 Å². The SMILES string of the molecule is CC(C)NCc1cccc(CN(C)CCC(F)(F)F)n1. The van der Waals surface area contributed by atoms with Crippen LogP contribution in [0.2, 0.25) is 0 Å². The Morgan fingerprint density at radius 2 is 1.90 bits per heavy atom. The number of alkyl halides is 3. The van der Waals surface area contributed by atoms with Crippen LogP contribution in [0.4, 0.5) is 13.2 Å². The molecule has 114 valence electrons. The summed E-state index contributed by atoms with van der Waals surface area (Å²) in [5, 5.41) is 3.26. The zero-order valence-electron chi connectivity index (χ0n) is 12.2. The van der Waals surface area contributed by atoms with E-state index in [2.05, 4.69) is 24.1 Å². The Kier molecular flexibility index (Phi) is 6.42. The van der Waals surface area contributed by atoms with E-state index in [1.807, 2.05) is 18.2 Å². The maximum Gasteiger partial charge on any atom is 0.390 e. The van der Waals surface area contributed by atoms with Crippen molar-refractivity contribution in [1.82, 2.24) is 15.2 Å². The van der Waals surface area contributed by atoms with Gasteiger partial charge in [0, 0.05) is 25.7 Å². The maximum atomic E-state index is 12.1. The fourth-order valence-corrected chi connectivity index (χ4v) is 1.70. The summed E-state index contributed by atoms with van der Waals surface area (Å²) >= 11 is 0. The summed E-state index contributed by atoms with van der Waals surface area (Å²) in [6, 6.07) is 6.00. The van der Waals surface area contributed by atoms with E-state index >= 15 is 0 Å². The van der Waals surface area contributed by atoms with Gasteiger partial charge in [0.1, 0.15) is 0 Å². The average Bonchev–Trinajstić information content (AvgIpc) is 2.34. The van der Waals surface area contributed by atoms with E-state index in [1.165, 1.54) is 0 Å². The van der Waals surface area contributed by atoms with Gasteiger partial charge in [-0.1, -0.05) is 19.9 Å². The van der Waals surface area contributed by atoms with Crippen LogP contribution in [0.15, 0.2) is 18.2 Å². The summed E-state index contributed by atoms with van der Waals surface area (Å²) in [7, 11) is 1.67. The van der Waals surface area contributed by atoms with Gasteiger partial charge in [-0.2, -0.15) is 13.2 Å². The summed E-state index contributed by atoms with van der Waals surface area (Å²) in [4.78, 5) is 6.08. The smallest absolute Gasteiger partial charge is 0.309 e. The zero-order chi connectivity index (χ0) is 15.2. The Balaban J connectivity index is 2.48. The van der Waals surface area contributed by atoms with E-state index in [-0.39, 0.29) is 6.54 Å². The third-order valence-corrected chi connectivity index (χ3v) is 2.76. The molecule has 0 spiro atoms. The first-order valence-corrected chi connectivity index (χ1v) is 6.70. The van der Waals surface area contributed by atoms with Gasteiger partial charge in [-0.25, -0.2) is 0 Å². The van der Waals surface area contributed by atoms with Crippen molar-refractivity contribution in [2.45, 2.75) is 45.6 Å². The largest absolute Gasteiger partial charge is 0.390 e. The molecule has 0 saturated carbocycles. The second kappa shape index (κ2) is 7.59. The Labute approximate surface area is 118 Å². The predicted octanol–water partition coefficient (Wildman–Crippen LogP) is 2.96. The minimum Gasteiger partial charge on any atom is -0.309 e. The molecule has 1 aromatic rings. The first kappa shape index (κ1) is 16.9. The van der Waals surface area contributed by atoms with Gasteiger partial charge in [-0.05, 0) is 19.2 Å². The Morgan fingerprint density at radius 1 is 1.25 bits per heavy atom. The van der Waals surface area contributed by atoms with E-state index in [1.54, 1.807) is 11.9 Å². The predicted molar refractivity (Wildman–Crippen MR) is 73.2 cm³/mol. The molecule has 0 unspecified atom stereocenters. The fraction of sp³-hybridized carbons (Fsp3) is 0.643. The first-order chi connectivity index (χ1) is 9.26. The van der Waals surface area contributed by atoms with Crippen molar-refractivity contribution in [2.24, 2.45) is 0 Å². The molecule has 0 aliphatic heterocycles. The number of nitrogens with one attached hydrogen (secondary N) is 1. The lowest BCUT2D eigenvalue weighted by molar-refractivity contribution is -0.137. The molecule has 0 aromatic carbocycles. The topological polar surface area (TPSA) is 28.2 Å². The zero-order valence-corrected chi connectivity index (χ0v) is 12.2. The first-order valence-electron chi connectivity index (χ1n) is 6.70. The standard InChI is InChI=1S/C14H22F3N3/c1-11(2)18-9-12-5-4-6-13(19-12)10-20(3)8-7-14(15,16)17/h4-6,11,18H,7-10H2,1-3H3. The fourth-order valence-electron chi connectivity index (χ4n) is 1.70. The lowest BCUT2D eigenvalue weighted by Gasteiger charge is -2.17. The molecule has 6 heteroatoms. The summed E-state index contributed by atoms with van der Waals surface area (Å²) in [5.74, 6) is 0. The quantitative estimate of drug-likeness (QED) is 0.836. The molecule has 0 saturated heterocycles. The van der Waals surface area contributed by atoms with Crippen LogP contribution in [0.5, 0.6) is 0 Å². The number of hydrogen-bond donors (Lipinski definition) is 1. The highest BCUT2D eigenvalue weighted by Crippen LogP contribution is 2.19. The van der Waals surface area contributed by atoms with Crippen LogP contribution in [-0.2, 0) is 13.1 Å². The summed E-state index contributed by atoms with van der Waals surface area (Å²) in [6.07, 6.45) is -4.90. The lowest BCUT2D eigenvalue weighted by atomic mass is 10.2. The maximum absolute atomic E-state index is 12.1. The van der Waals surface area contributed by atoms with Gasteiger partial charge in [0.15, 0.2) is 0 Å². The van der Waals surface area contributed by atoms with E-state index < -0.39 is 12.6 Å². The molecule has 3 nitrogen and oxygen atoms in total. The van der Waals surface area contributed by atoms with Crippen molar-refractivity contribution in [3.63, 3.8) is 0 Å². The van der Waals surface area contributed by atoms with Crippen molar-refractivity contribution in [2.75, 3.05) is 13.6 Å². The molecule has 1 N–H and O–H groups in total. The minimum absolute atomic E-state index is 0.0142. The summed E-state index contributed by atoms with van der Waals surface area (Å²) in [5.41, 5.74) is 1.69. The second-order valence-electron chi connectivity index (χ2n) is 5.26. The van der Waals surface area contributed by atoms with E-state index in [0.29, 0.717) is 19.1 Å². The molecular weight excluding hydrogens is 267 g/mol. The van der Waals surface area contributed by atoms with Gasteiger partial charge in [0.2, 0.25) is 0 Å². The molecule has 0 fully saturated rings. The number of halogens is 3. The molecule has 0 amide bonds. The van der Waals surface area contributed by atoms with E-state index in [9.17, 15) is 13.2 Å². The van der Waals surface area contributed by atoms with Crippen molar-refractivity contribution in [3.8, 4) is 0 Å². The van der Waals surface area contributed by atoms with Gasteiger partial charge < -0.3 is 10.2 Å². The molecule has 1 aromatic heterocycles. The third-order valence-electron chi connectivity index (χ3n) is 2.76. The number of hydrogen-bond acceptors (Lipinski definition) is 3. The third kappa shape index (κ3) is 7.45. The second-order valence-corrected chi connectivity index (χ2v) is 5.26. The molecule has 20 heavy (non-hydrogen) atoms. The highest BCUT2D eigenvalue weighted by Gasteiger charge is 2.27. The molecule has 1 heterocycles. The molecule has 1 rings (SSSR count). The molecule has 0 bridgehead atoms. The molecule has 0 radical (unpaired) electrons. The number of nitrogens with zero attached hydrogens (tertiary/aromatic N) is 2. The monoisotopic (exact) mass is 289 g/mol. The normalized spacial score (nSPS) is 12.4. The highest BCUT2D eigenvalue weighted by atomic mass is 19.4. The van der Waals surface area contributed by atoms with E-state index in [4.69, 9.17) is 0 Å². The molecular formula is C14H22F3N3. The van der Waals surface area contributed by atoms with Crippen molar-refractivity contribution in [3.05, 3.63) is 29.6 Å². The van der Waals surface area contributed by atoms with Crippen LogP contribution >= 0.6 is 0 Å². The Hall–Kier alpha value is -1.14. The number of rotatable bonds is 7. The van der Waals surface area contributed by atoms with Crippen LogP contribution in [0.25, 0.3) is 0 Å². The summed E-state index contributed by atoms with van der Waals surface area (Å²) < 4.78 is 36.4. The summed E-state index contributed by atoms with van der Waals surface area (Å²) in [6.45, 7) is 5.17. The average molecular weight is 289 g/mol. The lowest BCUT2D eigenvalue weighted by Crippen LogP contribution is -2.25. The number of pyridine rings is 1. The molecule has 0 aliphatic carbocycles. The van der Waals surface area contributed by atoms with E-state index in [0.717, 1.165) is 11.4 Å². The van der Waals surface area contributed by atoms with Gasteiger partial charge in [-0.3, -0.25) is 4.98 Å². The minimum atomic E-state index is -4.11. The van der Waals surface area contributed by atoms with Crippen LogP contribution < -0.4 is 5.32 Å². The van der Waals surface area contributed by atoms with Crippen molar-refractivity contribution < 1.29 is 13.2 Å². The van der Waals surface area contributed by atoms with Crippen molar-refractivity contribution in [1.29, 1.82) is 0 Å². The Morgan fingerprint density at radius 3 is 2.50 bits per heavy atom. The van der Waals surface area contributed by atoms with Gasteiger partial charge in [0.25, 0.3) is 0 Å². The Bertz CT molecular complexity index is 405.